The van der Waals surface area contributed by atoms with Crippen molar-refractivity contribution in [2.75, 3.05) is 18.8 Å². The SMILES string of the molecule is CCCC(CCC(=O)O)CCN1CC(C)CS1(=O)=O. The van der Waals surface area contributed by atoms with Crippen molar-refractivity contribution in [2.24, 2.45) is 11.8 Å². The predicted molar refractivity (Wildman–Crippen MR) is 74.4 cm³/mol. The Balaban J connectivity index is 2.45. The number of sulfonamides is 1. The third-order valence-electron chi connectivity index (χ3n) is 3.65. The molecule has 5 nitrogen and oxygen atoms in total. The summed E-state index contributed by atoms with van der Waals surface area (Å²) < 4.78 is 25.3. The van der Waals surface area contributed by atoms with Crippen LogP contribution >= 0.6 is 0 Å². The summed E-state index contributed by atoms with van der Waals surface area (Å²) in [5, 5.41) is 8.72. The molecule has 1 saturated heterocycles. The Morgan fingerprint density at radius 1 is 1.37 bits per heavy atom. The van der Waals surface area contributed by atoms with Gasteiger partial charge in [0, 0.05) is 19.5 Å². The van der Waals surface area contributed by atoms with E-state index in [1.54, 1.807) is 4.31 Å². The largest absolute Gasteiger partial charge is 0.481 e. The van der Waals surface area contributed by atoms with Crippen LogP contribution in [0, 0.1) is 11.8 Å². The first-order chi connectivity index (χ1) is 8.85. The van der Waals surface area contributed by atoms with Gasteiger partial charge >= 0.3 is 5.97 Å². The van der Waals surface area contributed by atoms with Gasteiger partial charge in [0.2, 0.25) is 10.0 Å². The molecule has 2 atom stereocenters. The van der Waals surface area contributed by atoms with Crippen LogP contribution in [0.2, 0.25) is 0 Å². The molecule has 1 N–H and O–H groups in total. The first-order valence-corrected chi connectivity index (χ1v) is 8.65. The number of aliphatic carboxylic acids is 1. The molecular formula is C13H25NO4S. The minimum atomic E-state index is -3.06. The standard InChI is InChI=1S/C13H25NO4S/c1-3-4-12(5-6-13(15)16)7-8-14-9-11(2)10-19(14,17)18/h11-12H,3-10H2,1-2H3,(H,15,16). The lowest BCUT2D eigenvalue weighted by Crippen LogP contribution is -2.28. The Hall–Kier alpha value is -0.620. The van der Waals surface area contributed by atoms with E-state index in [-0.39, 0.29) is 18.1 Å². The van der Waals surface area contributed by atoms with Crippen LogP contribution in [0.15, 0.2) is 0 Å². The van der Waals surface area contributed by atoms with Crippen molar-refractivity contribution in [3.05, 3.63) is 0 Å². The van der Waals surface area contributed by atoms with Gasteiger partial charge in [-0.05, 0) is 24.7 Å². The third kappa shape index (κ3) is 5.48. The first-order valence-electron chi connectivity index (χ1n) is 7.04. The average molecular weight is 291 g/mol. The van der Waals surface area contributed by atoms with Gasteiger partial charge in [-0.25, -0.2) is 12.7 Å². The van der Waals surface area contributed by atoms with E-state index in [1.807, 2.05) is 6.92 Å². The fraction of sp³-hybridized carbons (Fsp3) is 0.923. The molecule has 1 fully saturated rings. The molecule has 0 saturated carbocycles. The van der Waals surface area contributed by atoms with Crippen molar-refractivity contribution < 1.29 is 18.3 Å². The highest BCUT2D eigenvalue weighted by atomic mass is 32.2. The van der Waals surface area contributed by atoms with Crippen LogP contribution in [-0.2, 0) is 14.8 Å². The molecule has 0 spiro atoms. The van der Waals surface area contributed by atoms with Gasteiger partial charge in [0.05, 0.1) is 5.75 Å². The Morgan fingerprint density at radius 2 is 2.05 bits per heavy atom. The number of hydrogen-bond donors (Lipinski definition) is 1. The van der Waals surface area contributed by atoms with E-state index in [0.717, 1.165) is 19.3 Å². The van der Waals surface area contributed by atoms with E-state index >= 15 is 0 Å². The number of carboxylic acid groups (broad SMARTS) is 1. The highest BCUT2D eigenvalue weighted by Crippen LogP contribution is 2.23. The molecule has 1 heterocycles. The highest BCUT2D eigenvalue weighted by Gasteiger charge is 2.33. The van der Waals surface area contributed by atoms with E-state index in [9.17, 15) is 13.2 Å². The van der Waals surface area contributed by atoms with E-state index in [0.29, 0.717) is 25.4 Å². The van der Waals surface area contributed by atoms with Crippen molar-refractivity contribution in [1.29, 1.82) is 0 Å². The summed E-state index contributed by atoms with van der Waals surface area (Å²) in [6.45, 7) is 5.17. The van der Waals surface area contributed by atoms with E-state index in [1.165, 1.54) is 0 Å². The molecule has 112 valence electrons. The lowest BCUT2D eigenvalue weighted by molar-refractivity contribution is -0.137. The number of nitrogens with zero attached hydrogens (tertiary/aromatic N) is 1. The van der Waals surface area contributed by atoms with Crippen LogP contribution in [0.25, 0.3) is 0 Å². The minimum Gasteiger partial charge on any atom is -0.481 e. The van der Waals surface area contributed by atoms with Gasteiger partial charge in [-0.1, -0.05) is 26.7 Å². The normalized spacial score (nSPS) is 24.4. The van der Waals surface area contributed by atoms with Crippen molar-refractivity contribution in [3.63, 3.8) is 0 Å². The summed E-state index contributed by atoms with van der Waals surface area (Å²) in [5.74, 6) is -0.00928. The molecule has 6 heteroatoms. The average Bonchev–Trinajstić information content (AvgIpc) is 2.55. The molecule has 0 aromatic carbocycles. The zero-order valence-corrected chi connectivity index (χ0v) is 12.7. The second kappa shape index (κ2) is 7.24. The topological polar surface area (TPSA) is 74.7 Å². The molecule has 0 aromatic rings. The fourth-order valence-electron chi connectivity index (χ4n) is 2.70. The molecule has 19 heavy (non-hydrogen) atoms. The summed E-state index contributed by atoms with van der Waals surface area (Å²) in [6, 6.07) is 0. The lowest BCUT2D eigenvalue weighted by Gasteiger charge is -2.19. The summed E-state index contributed by atoms with van der Waals surface area (Å²) in [5.41, 5.74) is 0. The fourth-order valence-corrected chi connectivity index (χ4v) is 4.61. The van der Waals surface area contributed by atoms with Crippen molar-refractivity contribution in [2.45, 2.75) is 46.0 Å². The zero-order valence-electron chi connectivity index (χ0n) is 11.8. The molecular weight excluding hydrogens is 266 g/mol. The number of hydrogen-bond acceptors (Lipinski definition) is 3. The quantitative estimate of drug-likeness (QED) is 0.741. The van der Waals surface area contributed by atoms with Crippen molar-refractivity contribution in [3.8, 4) is 0 Å². The van der Waals surface area contributed by atoms with Crippen LogP contribution in [-0.4, -0.2) is 42.6 Å². The van der Waals surface area contributed by atoms with Crippen LogP contribution < -0.4 is 0 Å². The number of carboxylic acids is 1. The van der Waals surface area contributed by atoms with Crippen molar-refractivity contribution in [1.82, 2.24) is 4.31 Å². The van der Waals surface area contributed by atoms with Crippen LogP contribution in [0.1, 0.15) is 46.0 Å². The van der Waals surface area contributed by atoms with Gasteiger partial charge in [0.25, 0.3) is 0 Å². The maximum atomic E-state index is 11.8. The molecule has 1 rings (SSSR count). The smallest absolute Gasteiger partial charge is 0.303 e. The molecule has 0 amide bonds. The number of carbonyl (C=O) groups is 1. The molecule has 1 aliphatic heterocycles. The van der Waals surface area contributed by atoms with Crippen LogP contribution in [0.4, 0.5) is 0 Å². The molecule has 0 aromatic heterocycles. The molecule has 0 radical (unpaired) electrons. The second-order valence-electron chi connectivity index (χ2n) is 5.62. The summed E-state index contributed by atoms with van der Waals surface area (Å²) in [6.07, 6.45) is 3.57. The minimum absolute atomic E-state index is 0.174. The van der Waals surface area contributed by atoms with Crippen LogP contribution in [0.3, 0.4) is 0 Å². The maximum Gasteiger partial charge on any atom is 0.303 e. The summed E-state index contributed by atoms with van der Waals surface area (Å²) in [4.78, 5) is 10.6. The first kappa shape index (κ1) is 16.4. The molecule has 2 unspecified atom stereocenters. The van der Waals surface area contributed by atoms with E-state index in [4.69, 9.17) is 5.11 Å². The van der Waals surface area contributed by atoms with Gasteiger partial charge in [0.15, 0.2) is 0 Å². The maximum absolute atomic E-state index is 11.8. The zero-order chi connectivity index (χ0) is 14.5. The van der Waals surface area contributed by atoms with Gasteiger partial charge in [-0.15, -0.1) is 0 Å². The van der Waals surface area contributed by atoms with Gasteiger partial charge in [-0.3, -0.25) is 4.79 Å². The molecule has 1 aliphatic rings. The summed E-state index contributed by atoms with van der Waals surface area (Å²) in [7, 11) is -3.06. The van der Waals surface area contributed by atoms with E-state index in [2.05, 4.69) is 6.92 Å². The van der Waals surface area contributed by atoms with Crippen LogP contribution in [0.5, 0.6) is 0 Å². The predicted octanol–water partition coefficient (Wildman–Crippen LogP) is 1.94. The molecule has 0 aliphatic carbocycles. The third-order valence-corrected chi connectivity index (χ3v) is 5.76. The van der Waals surface area contributed by atoms with Gasteiger partial charge < -0.3 is 5.11 Å². The van der Waals surface area contributed by atoms with E-state index < -0.39 is 16.0 Å². The lowest BCUT2D eigenvalue weighted by atomic mass is 9.94. The Bertz CT molecular complexity index is 393. The second-order valence-corrected chi connectivity index (χ2v) is 7.63. The Kier molecular flexibility index (Phi) is 6.26. The number of rotatable bonds is 8. The van der Waals surface area contributed by atoms with Crippen molar-refractivity contribution >= 4 is 16.0 Å². The molecule has 0 bridgehead atoms. The Morgan fingerprint density at radius 3 is 2.53 bits per heavy atom. The Labute approximate surface area is 116 Å². The van der Waals surface area contributed by atoms with Gasteiger partial charge in [-0.2, -0.15) is 0 Å². The monoisotopic (exact) mass is 291 g/mol. The highest BCUT2D eigenvalue weighted by molar-refractivity contribution is 7.89. The summed E-state index contributed by atoms with van der Waals surface area (Å²) >= 11 is 0. The van der Waals surface area contributed by atoms with Gasteiger partial charge in [0.1, 0.15) is 0 Å².